The second-order valence-electron chi connectivity index (χ2n) is 5.20. The van der Waals surface area contributed by atoms with Gasteiger partial charge in [0.1, 0.15) is 0 Å². The third-order valence-corrected chi connectivity index (χ3v) is 3.31. The first-order valence-electron chi connectivity index (χ1n) is 7.61. The lowest BCUT2D eigenvalue weighted by molar-refractivity contribution is -0.137. The Balaban J connectivity index is 2.67. The molecular weight excluding hydrogens is 293 g/mol. The molecule has 0 fully saturated rings. The van der Waals surface area contributed by atoms with Gasteiger partial charge in [-0.05, 0) is 37.1 Å². The number of carbonyl (C=O) groups excluding carboxylic acids is 1. The molecule has 0 heterocycles. The third-order valence-electron chi connectivity index (χ3n) is 3.31. The Bertz CT molecular complexity index is 449. The van der Waals surface area contributed by atoms with Crippen molar-refractivity contribution in [3.05, 3.63) is 29.8 Å². The van der Waals surface area contributed by atoms with Gasteiger partial charge in [-0.15, -0.1) is 0 Å². The fraction of sp³-hybridized carbons (Fsp3) is 0.562. The Hall–Kier alpha value is -1.72. The van der Waals surface area contributed by atoms with Crippen LogP contribution in [0.15, 0.2) is 24.3 Å². The number of hydrogen-bond donors (Lipinski definition) is 1. The lowest BCUT2D eigenvalue weighted by atomic mass is 10.2. The molecule has 1 aromatic rings. The van der Waals surface area contributed by atoms with Gasteiger partial charge in [0.05, 0.1) is 5.56 Å². The molecule has 3 nitrogen and oxygen atoms in total. The summed E-state index contributed by atoms with van der Waals surface area (Å²) in [7, 11) is 0. The van der Waals surface area contributed by atoms with Crippen molar-refractivity contribution in [1.29, 1.82) is 0 Å². The summed E-state index contributed by atoms with van der Waals surface area (Å²) in [6.07, 6.45) is -0.586. The molecule has 124 valence electrons. The number of urea groups is 1. The molecule has 1 aromatic carbocycles. The monoisotopic (exact) mass is 316 g/mol. The zero-order valence-electron chi connectivity index (χ0n) is 13.0. The summed E-state index contributed by atoms with van der Waals surface area (Å²) in [5, 5.41) is 2.66. The Kier molecular flexibility index (Phi) is 7.21. The third kappa shape index (κ3) is 5.95. The minimum Gasteiger partial charge on any atom is -0.325 e. The maximum absolute atomic E-state index is 12.5. The van der Waals surface area contributed by atoms with Gasteiger partial charge in [0.2, 0.25) is 0 Å². The molecule has 1 N–H and O–H groups in total. The van der Waals surface area contributed by atoms with Crippen LogP contribution in [0.2, 0.25) is 0 Å². The fourth-order valence-electron chi connectivity index (χ4n) is 1.96. The minimum atomic E-state index is -4.36. The summed E-state index contributed by atoms with van der Waals surface area (Å²) >= 11 is 0. The van der Waals surface area contributed by atoms with E-state index in [4.69, 9.17) is 0 Å². The predicted molar refractivity (Wildman–Crippen MR) is 81.9 cm³/mol. The highest BCUT2D eigenvalue weighted by Crippen LogP contribution is 2.29. The van der Waals surface area contributed by atoms with E-state index in [2.05, 4.69) is 5.32 Å². The van der Waals surface area contributed by atoms with Gasteiger partial charge in [-0.2, -0.15) is 13.2 Å². The van der Waals surface area contributed by atoms with Crippen LogP contribution in [0.5, 0.6) is 0 Å². The van der Waals surface area contributed by atoms with Gasteiger partial charge in [0, 0.05) is 18.8 Å². The number of unbranched alkanes of at least 4 members (excludes halogenated alkanes) is 2. The maximum atomic E-state index is 12.5. The van der Waals surface area contributed by atoms with Crippen molar-refractivity contribution in [2.45, 2.75) is 45.7 Å². The Morgan fingerprint density at radius 2 is 1.55 bits per heavy atom. The summed E-state index contributed by atoms with van der Waals surface area (Å²) in [6.45, 7) is 5.41. The molecule has 1 rings (SSSR count). The summed E-state index contributed by atoms with van der Waals surface area (Å²) in [4.78, 5) is 13.9. The molecule has 0 atom stereocenters. The minimum absolute atomic E-state index is 0.262. The van der Waals surface area contributed by atoms with Gasteiger partial charge in [-0.3, -0.25) is 0 Å². The quantitative estimate of drug-likeness (QED) is 0.742. The molecule has 0 bridgehead atoms. The number of benzene rings is 1. The van der Waals surface area contributed by atoms with E-state index in [1.807, 2.05) is 13.8 Å². The van der Waals surface area contributed by atoms with E-state index in [1.165, 1.54) is 12.1 Å². The van der Waals surface area contributed by atoms with Crippen molar-refractivity contribution in [2.75, 3.05) is 18.4 Å². The van der Waals surface area contributed by atoms with Crippen LogP contribution in [0.1, 0.15) is 45.1 Å². The van der Waals surface area contributed by atoms with Gasteiger partial charge in [-0.1, -0.05) is 26.7 Å². The van der Waals surface area contributed by atoms with E-state index in [0.717, 1.165) is 37.8 Å². The number of hydrogen-bond acceptors (Lipinski definition) is 1. The maximum Gasteiger partial charge on any atom is 0.416 e. The first-order valence-corrected chi connectivity index (χ1v) is 7.61. The predicted octanol–water partition coefficient (Wildman–Crippen LogP) is 5.14. The van der Waals surface area contributed by atoms with Gasteiger partial charge in [0.25, 0.3) is 0 Å². The number of amides is 2. The van der Waals surface area contributed by atoms with Crippen LogP contribution in [0.3, 0.4) is 0 Å². The molecule has 0 aliphatic carbocycles. The molecule has 6 heteroatoms. The van der Waals surface area contributed by atoms with Crippen molar-refractivity contribution < 1.29 is 18.0 Å². The highest BCUT2D eigenvalue weighted by atomic mass is 19.4. The van der Waals surface area contributed by atoms with Crippen molar-refractivity contribution in [1.82, 2.24) is 4.90 Å². The van der Waals surface area contributed by atoms with Crippen LogP contribution in [0.25, 0.3) is 0 Å². The molecule has 0 radical (unpaired) electrons. The van der Waals surface area contributed by atoms with E-state index in [-0.39, 0.29) is 6.03 Å². The highest BCUT2D eigenvalue weighted by Gasteiger charge is 2.30. The number of halogens is 3. The molecule has 0 unspecified atom stereocenters. The van der Waals surface area contributed by atoms with Gasteiger partial charge in [-0.25, -0.2) is 4.79 Å². The number of rotatable bonds is 7. The van der Waals surface area contributed by atoms with Gasteiger partial charge in [0.15, 0.2) is 0 Å². The Morgan fingerprint density at radius 3 is 1.95 bits per heavy atom. The number of alkyl halides is 3. The standard InChI is InChI=1S/C16H23F3N2O/c1-3-5-11-21(12-6-4-2)15(22)20-14-9-7-13(8-10-14)16(17,18)19/h7-10H,3-6,11-12H2,1-2H3,(H,20,22). The summed E-state index contributed by atoms with van der Waals surface area (Å²) in [5.74, 6) is 0. The van der Waals surface area contributed by atoms with Gasteiger partial charge >= 0.3 is 12.2 Å². The average Bonchev–Trinajstić information content (AvgIpc) is 2.47. The molecule has 2 amide bonds. The van der Waals surface area contributed by atoms with E-state index in [9.17, 15) is 18.0 Å². The first kappa shape index (κ1) is 18.3. The first-order chi connectivity index (χ1) is 10.4. The van der Waals surface area contributed by atoms with Gasteiger partial charge < -0.3 is 10.2 Å². The molecule has 0 saturated heterocycles. The number of nitrogens with one attached hydrogen (secondary N) is 1. The molecule has 0 spiro atoms. The van der Waals surface area contributed by atoms with E-state index < -0.39 is 11.7 Å². The number of nitrogens with zero attached hydrogens (tertiary/aromatic N) is 1. The van der Waals surface area contributed by atoms with Crippen LogP contribution in [0.4, 0.5) is 23.7 Å². The molecule has 0 saturated carbocycles. The number of anilines is 1. The molecule has 22 heavy (non-hydrogen) atoms. The molecule has 0 aromatic heterocycles. The van der Waals surface area contributed by atoms with E-state index in [0.29, 0.717) is 18.8 Å². The zero-order valence-corrected chi connectivity index (χ0v) is 13.0. The van der Waals surface area contributed by atoms with Crippen molar-refractivity contribution >= 4 is 11.7 Å². The smallest absolute Gasteiger partial charge is 0.325 e. The normalized spacial score (nSPS) is 11.3. The molecule has 0 aliphatic rings. The van der Waals surface area contributed by atoms with Crippen LogP contribution in [-0.4, -0.2) is 24.0 Å². The van der Waals surface area contributed by atoms with E-state index in [1.54, 1.807) is 4.90 Å². The van der Waals surface area contributed by atoms with Crippen molar-refractivity contribution in [2.24, 2.45) is 0 Å². The SMILES string of the molecule is CCCCN(CCCC)C(=O)Nc1ccc(C(F)(F)F)cc1. The molecular formula is C16H23F3N2O. The largest absolute Gasteiger partial charge is 0.416 e. The average molecular weight is 316 g/mol. The van der Waals surface area contributed by atoms with Crippen molar-refractivity contribution in [3.63, 3.8) is 0 Å². The van der Waals surface area contributed by atoms with Crippen LogP contribution in [-0.2, 0) is 6.18 Å². The number of carbonyl (C=O) groups is 1. The lowest BCUT2D eigenvalue weighted by Crippen LogP contribution is -2.36. The second-order valence-corrected chi connectivity index (χ2v) is 5.20. The second kappa shape index (κ2) is 8.66. The van der Waals surface area contributed by atoms with Crippen LogP contribution < -0.4 is 5.32 Å². The van der Waals surface area contributed by atoms with Crippen LogP contribution in [0, 0.1) is 0 Å². The zero-order chi connectivity index (χ0) is 16.6. The molecule has 0 aliphatic heterocycles. The lowest BCUT2D eigenvalue weighted by Gasteiger charge is -2.23. The highest BCUT2D eigenvalue weighted by molar-refractivity contribution is 5.89. The summed E-state index contributed by atoms with van der Waals surface area (Å²) in [5.41, 5.74) is -0.352. The Labute approximate surface area is 129 Å². The summed E-state index contributed by atoms with van der Waals surface area (Å²) in [6, 6.07) is 4.23. The van der Waals surface area contributed by atoms with E-state index >= 15 is 0 Å². The fourth-order valence-corrected chi connectivity index (χ4v) is 1.96. The summed E-state index contributed by atoms with van der Waals surface area (Å²) < 4.78 is 37.5. The Morgan fingerprint density at radius 1 is 1.05 bits per heavy atom. The topological polar surface area (TPSA) is 32.3 Å². The van der Waals surface area contributed by atoms with Crippen molar-refractivity contribution in [3.8, 4) is 0 Å². The van der Waals surface area contributed by atoms with Crippen LogP contribution >= 0.6 is 0 Å².